The molecule has 0 unspecified atom stereocenters. The third-order valence-corrected chi connectivity index (χ3v) is 6.91. The molecule has 0 heterocycles. The Labute approximate surface area is 229 Å². The molecule has 6 rings (SSSR count). The molecule has 0 atom stereocenters. The Morgan fingerprint density at radius 2 is 0.897 bits per heavy atom. The Bertz CT molecular complexity index is 1760. The van der Waals surface area contributed by atoms with Crippen LogP contribution in [0.1, 0.15) is 5.56 Å². The van der Waals surface area contributed by atoms with E-state index < -0.39 is 0 Å². The van der Waals surface area contributed by atoms with Crippen molar-refractivity contribution in [2.75, 3.05) is 5.32 Å². The zero-order chi connectivity index (χ0) is 26.4. The zero-order valence-corrected chi connectivity index (χ0v) is 21.4. The third kappa shape index (κ3) is 5.34. The second-order valence-electron chi connectivity index (χ2n) is 9.46. The largest absolute Gasteiger partial charge is 0.355 e. The molecule has 0 saturated heterocycles. The van der Waals surface area contributed by atoms with Crippen LogP contribution in [0.5, 0.6) is 0 Å². The Morgan fingerprint density at radius 1 is 0.410 bits per heavy atom. The second-order valence-corrected chi connectivity index (χ2v) is 9.46. The van der Waals surface area contributed by atoms with Crippen LogP contribution in [-0.4, -0.2) is 0 Å². The van der Waals surface area contributed by atoms with Gasteiger partial charge in [-0.1, -0.05) is 109 Å². The maximum absolute atomic E-state index is 9.05. The van der Waals surface area contributed by atoms with Gasteiger partial charge in [-0.25, -0.2) is 0 Å². The minimum absolute atomic E-state index is 0.668. The summed E-state index contributed by atoms with van der Waals surface area (Å²) in [6.07, 6.45) is 0. The first-order chi connectivity index (χ1) is 19.3. The Kier molecular flexibility index (Phi) is 6.72. The van der Waals surface area contributed by atoms with Crippen LogP contribution in [0.4, 0.5) is 11.4 Å². The SMILES string of the molecule is N#Cc1ccc(-c2ccc(Nc3ccccc3-c3cccc(-c4cccc(-c5ccccc5)c4)c3)cc2)cc1. The lowest BCUT2D eigenvalue weighted by atomic mass is 9.95. The highest BCUT2D eigenvalue weighted by molar-refractivity contribution is 5.84. The van der Waals surface area contributed by atoms with Gasteiger partial charge in [0.1, 0.15) is 0 Å². The van der Waals surface area contributed by atoms with Crippen molar-refractivity contribution < 1.29 is 0 Å². The van der Waals surface area contributed by atoms with Crippen LogP contribution in [0.3, 0.4) is 0 Å². The standard InChI is InChI=1S/C37H26N2/c38-26-27-16-18-29(19-17-27)30-20-22-35(23-21-30)39-37-15-5-4-14-36(37)34-13-7-12-33(25-34)32-11-6-10-31(24-32)28-8-2-1-3-9-28/h1-25,39H. The van der Waals surface area contributed by atoms with E-state index in [0.717, 1.165) is 33.6 Å². The number of rotatable bonds is 6. The first-order valence-corrected chi connectivity index (χ1v) is 13.0. The van der Waals surface area contributed by atoms with Crippen LogP contribution >= 0.6 is 0 Å². The third-order valence-electron chi connectivity index (χ3n) is 6.91. The average molecular weight is 499 g/mol. The Balaban J connectivity index is 1.27. The van der Waals surface area contributed by atoms with Gasteiger partial charge < -0.3 is 5.32 Å². The fraction of sp³-hybridized carbons (Fsp3) is 0. The van der Waals surface area contributed by atoms with Gasteiger partial charge in [0.05, 0.1) is 11.6 Å². The summed E-state index contributed by atoms with van der Waals surface area (Å²) in [6, 6.07) is 54.6. The fourth-order valence-electron chi connectivity index (χ4n) is 4.86. The number of nitrogens with zero attached hydrogens (tertiary/aromatic N) is 1. The fourth-order valence-corrected chi connectivity index (χ4v) is 4.86. The van der Waals surface area contributed by atoms with Crippen molar-refractivity contribution in [2.45, 2.75) is 0 Å². The lowest BCUT2D eigenvalue weighted by Gasteiger charge is -2.14. The smallest absolute Gasteiger partial charge is 0.0991 e. The van der Waals surface area contributed by atoms with Gasteiger partial charge in [-0.3, -0.25) is 0 Å². The molecular formula is C37H26N2. The topological polar surface area (TPSA) is 35.8 Å². The van der Waals surface area contributed by atoms with E-state index in [0.29, 0.717) is 5.56 Å². The summed E-state index contributed by atoms with van der Waals surface area (Å²) in [7, 11) is 0. The van der Waals surface area contributed by atoms with Crippen LogP contribution in [-0.2, 0) is 0 Å². The summed E-state index contributed by atoms with van der Waals surface area (Å²) >= 11 is 0. The van der Waals surface area contributed by atoms with E-state index in [1.165, 1.54) is 22.3 Å². The van der Waals surface area contributed by atoms with Gasteiger partial charge in [-0.2, -0.15) is 5.26 Å². The lowest BCUT2D eigenvalue weighted by molar-refractivity contribution is 1.48. The minimum atomic E-state index is 0.668. The maximum Gasteiger partial charge on any atom is 0.0991 e. The molecule has 0 fully saturated rings. The molecule has 2 nitrogen and oxygen atoms in total. The van der Waals surface area contributed by atoms with Crippen LogP contribution in [0.2, 0.25) is 0 Å². The van der Waals surface area contributed by atoms with Gasteiger partial charge in [-0.05, 0) is 81.4 Å². The number of nitriles is 1. The Morgan fingerprint density at radius 3 is 1.56 bits per heavy atom. The Hall–Kier alpha value is -5.39. The van der Waals surface area contributed by atoms with E-state index in [2.05, 4.69) is 133 Å². The number of anilines is 2. The van der Waals surface area contributed by atoms with E-state index in [1.807, 2.05) is 30.3 Å². The molecule has 1 N–H and O–H groups in total. The molecule has 0 aliphatic heterocycles. The first kappa shape index (κ1) is 24.0. The van der Waals surface area contributed by atoms with Crippen LogP contribution in [0.25, 0.3) is 44.5 Å². The first-order valence-electron chi connectivity index (χ1n) is 13.0. The van der Waals surface area contributed by atoms with Crippen LogP contribution < -0.4 is 5.32 Å². The quantitative estimate of drug-likeness (QED) is 0.248. The molecule has 2 heteroatoms. The summed E-state index contributed by atoms with van der Waals surface area (Å²) < 4.78 is 0. The van der Waals surface area contributed by atoms with E-state index >= 15 is 0 Å². The molecule has 6 aromatic rings. The predicted molar refractivity (Wildman–Crippen MR) is 163 cm³/mol. The van der Waals surface area contributed by atoms with Crippen LogP contribution in [0, 0.1) is 11.3 Å². The van der Waals surface area contributed by atoms with Gasteiger partial charge >= 0.3 is 0 Å². The molecule has 0 saturated carbocycles. The lowest BCUT2D eigenvalue weighted by Crippen LogP contribution is -1.93. The molecule has 184 valence electrons. The highest BCUT2D eigenvalue weighted by Crippen LogP contribution is 2.34. The number of nitrogens with one attached hydrogen (secondary N) is 1. The number of hydrogen-bond donors (Lipinski definition) is 1. The van der Waals surface area contributed by atoms with Crippen molar-refractivity contribution in [3.63, 3.8) is 0 Å². The molecule has 6 aromatic carbocycles. The molecule has 0 aromatic heterocycles. The van der Waals surface area contributed by atoms with Crippen molar-refractivity contribution in [2.24, 2.45) is 0 Å². The summed E-state index contributed by atoms with van der Waals surface area (Å²) in [4.78, 5) is 0. The van der Waals surface area contributed by atoms with Gasteiger partial charge in [-0.15, -0.1) is 0 Å². The molecule has 39 heavy (non-hydrogen) atoms. The van der Waals surface area contributed by atoms with E-state index in [1.54, 1.807) is 0 Å². The summed E-state index contributed by atoms with van der Waals surface area (Å²) in [5, 5.41) is 12.7. The minimum Gasteiger partial charge on any atom is -0.355 e. The highest BCUT2D eigenvalue weighted by atomic mass is 14.9. The predicted octanol–water partition coefficient (Wildman–Crippen LogP) is 9.97. The van der Waals surface area contributed by atoms with Crippen molar-refractivity contribution in [3.05, 3.63) is 157 Å². The van der Waals surface area contributed by atoms with E-state index in [9.17, 15) is 0 Å². The molecule has 0 spiro atoms. The van der Waals surface area contributed by atoms with Crippen LogP contribution in [0.15, 0.2) is 152 Å². The van der Waals surface area contributed by atoms with Gasteiger partial charge in [0.15, 0.2) is 0 Å². The van der Waals surface area contributed by atoms with Crippen molar-refractivity contribution in [1.82, 2.24) is 0 Å². The number of hydrogen-bond acceptors (Lipinski definition) is 2. The normalized spacial score (nSPS) is 10.5. The second kappa shape index (κ2) is 10.9. The van der Waals surface area contributed by atoms with Gasteiger partial charge in [0.2, 0.25) is 0 Å². The monoisotopic (exact) mass is 498 g/mol. The molecule has 0 amide bonds. The summed E-state index contributed by atoms with van der Waals surface area (Å²) in [6.45, 7) is 0. The number of para-hydroxylation sites is 1. The molecule has 0 aliphatic rings. The highest BCUT2D eigenvalue weighted by Gasteiger charge is 2.08. The molecule has 0 bridgehead atoms. The zero-order valence-electron chi connectivity index (χ0n) is 21.4. The molecule has 0 aliphatic carbocycles. The van der Waals surface area contributed by atoms with Gasteiger partial charge in [0, 0.05) is 16.9 Å². The van der Waals surface area contributed by atoms with Crippen molar-refractivity contribution in [1.29, 1.82) is 5.26 Å². The molecule has 0 radical (unpaired) electrons. The summed E-state index contributed by atoms with van der Waals surface area (Å²) in [5.74, 6) is 0. The number of benzene rings is 6. The summed E-state index contributed by atoms with van der Waals surface area (Å²) in [5.41, 5.74) is 12.1. The van der Waals surface area contributed by atoms with E-state index in [-0.39, 0.29) is 0 Å². The molecular weight excluding hydrogens is 472 g/mol. The van der Waals surface area contributed by atoms with E-state index in [4.69, 9.17) is 5.26 Å². The van der Waals surface area contributed by atoms with Gasteiger partial charge in [0.25, 0.3) is 0 Å². The maximum atomic E-state index is 9.05. The van der Waals surface area contributed by atoms with Crippen molar-refractivity contribution in [3.8, 4) is 50.6 Å². The average Bonchev–Trinajstić information content (AvgIpc) is 3.02. The van der Waals surface area contributed by atoms with Crippen molar-refractivity contribution >= 4 is 11.4 Å².